The molecule has 0 saturated heterocycles. The number of nitriles is 1. The molecule has 0 unspecified atom stereocenters. The van der Waals surface area contributed by atoms with E-state index in [-0.39, 0.29) is 29.5 Å². The summed E-state index contributed by atoms with van der Waals surface area (Å²) in [5, 5.41) is 12.4. The smallest absolute Gasteiger partial charge is 0.261 e. The van der Waals surface area contributed by atoms with Gasteiger partial charge in [-0.3, -0.25) is 14.2 Å². The first-order chi connectivity index (χ1) is 12.5. The molecule has 3 rings (SSSR count). The topological polar surface area (TPSA) is 87.8 Å². The molecule has 1 heterocycles. The maximum atomic E-state index is 12.5. The van der Waals surface area contributed by atoms with Crippen molar-refractivity contribution >= 4 is 34.1 Å². The lowest BCUT2D eigenvalue weighted by molar-refractivity contribution is -0.116. The van der Waals surface area contributed by atoms with Crippen molar-refractivity contribution in [2.45, 2.75) is 19.9 Å². The van der Waals surface area contributed by atoms with Gasteiger partial charge in [-0.25, -0.2) is 4.98 Å². The van der Waals surface area contributed by atoms with E-state index in [9.17, 15) is 9.59 Å². The van der Waals surface area contributed by atoms with E-state index in [1.807, 2.05) is 19.1 Å². The molecule has 0 saturated carbocycles. The minimum atomic E-state index is -0.262. The van der Waals surface area contributed by atoms with Gasteiger partial charge in [-0.1, -0.05) is 23.2 Å². The molecule has 1 aromatic heterocycles. The van der Waals surface area contributed by atoms with Crippen molar-refractivity contribution in [2.24, 2.45) is 0 Å². The predicted octanol–water partition coefficient (Wildman–Crippen LogP) is 3.26. The Hall–Kier alpha value is -3.17. The molecule has 0 radical (unpaired) electrons. The van der Waals surface area contributed by atoms with Crippen molar-refractivity contribution in [3.63, 3.8) is 0 Å². The van der Waals surface area contributed by atoms with Gasteiger partial charge in [-0.15, -0.1) is 0 Å². The summed E-state index contributed by atoms with van der Waals surface area (Å²) < 4.78 is 1.42. The van der Waals surface area contributed by atoms with Gasteiger partial charge in [0, 0.05) is 18.7 Å². The summed E-state index contributed by atoms with van der Waals surface area (Å²) in [4.78, 5) is 28.9. The number of rotatable bonds is 4. The summed E-state index contributed by atoms with van der Waals surface area (Å²) in [7, 11) is 0. The molecule has 0 atom stereocenters. The molecule has 0 aliphatic carbocycles. The van der Waals surface area contributed by atoms with Gasteiger partial charge in [-0.2, -0.15) is 5.26 Å². The number of benzene rings is 2. The molecule has 2 aromatic carbocycles. The van der Waals surface area contributed by atoms with Crippen LogP contribution < -0.4 is 10.9 Å². The summed E-state index contributed by atoms with van der Waals surface area (Å²) in [5.41, 5.74) is 2.28. The lowest BCUT2D eigenvalue weighted by Gasteiger charge is -2.08. The van der Waals surface area contributed by atoms with Crippen LogP contribution >= 0.6 is 11.6 Å². The highest BCUT2D eigenvalue weighted by Crippen LogP contribution is 2.20. The zero-order valence-corrected chi connectivity index (χ0v) is 14.7. The Balaban J connectivity index is 1.71. The van der Waals surface area contributed by atoms with E-state index in [1.54, 1.807) is 18.2 Å². The fourth-order valence-corrected chi connectivity index (χ4v) is 2.78. The van der Waals surface area contributed by atoms with Gasteiger partial charge in [0.25, 0.3) is 5.56 Å². The molecule has 0 spiro atoms. The zero-order valence-electron chi connectivity index (χ0n) is 14.0. The van der Waals surface area contributed by atoms with Gasteiger partial charge in [0.1, 0.15) is 6.07 Å². The largest absolute Gasteiger partial charge is 0.326 e. The highest BCUT2D eigenvalue weighted by molar-refractivity contribution is 6.32. The van der Waals surface area contributed by atoms with Crippen LogP contribution in [0.25, 0.3) is 10.9 Å². The number of carbonyl (C=O) groups excluding carboxylic acids is 1. The summed E-state index contributed by atoms with van der Waals surface area (Å²) in [6, 6.07) is 12.1. The van der Waals surface area contributed by atoms with E-state index in [4.69, 9.17) is 16.9 Å². The Bertz CT molecular complexity index is 1100. The standard InChI is InChI=1S/C19H15ClN4O2/c1-12-2-5-17-15(8-12)19(26)24(11-22-17)7-6-18(25)23-14-4-3-13(10-21)16(20)9-14/h2-5,8-9,11H,6-7H2,1H3,(H,23,25). The Morgan fingerprint density at radius 2 is 2.12 bits per heavy atom. The number of aromatic nitrogens is 2. The third-order valence-corrected chi connectivity index (χ3v) is 4.25. The van der Waals surface area contributed by atoms with Gasteiger partial charge in [0.15, 0.2) is 0 Å². The molecule has 7 heteroatoms. The fraction of sp³-hybridized carbons (Fsp3) is 0.158. The number of anilines is 1. The maximum absolute atomic E-state index is 12.5. The summed E-state index contributed by atoms with van der Waals surface area (Å²) >= 11 is 5.95. The Kier molecular flexibility index (Phi) is 5.01. The fourth-order valence-electron chi connectivity index (χ4n) is 2.56. The van der Waals surface area contributed by atoms with Gasteiger partial charge >= 0.3 is 0 Å². The lowest BCUT2D eigenvalue weighted by atomic mass is 10.2. The van der Waals surface area contributed by atoms with Crippen molar-refractivity contribution in [3.05, 3.63) is 69.2 Å². The minimum absolute atomic E-state index is 0.108. The quantitative estimate of drug-likeness (QED) is 0.767. The van der Waals surface area contributed by atoms with Crippen LogP contribution in [0.2, 0.25) is 5.02 Å². The average molecular weight is 367 g/mol. The van der Waals surface area contributed by atoms with Crippen LogP contribution in [0.1, 0.15) is 17.5 Å². The van der Waals surface area contributed by atoms with Crippen LogP contribution in [0.5, 0.6) is 0 Å². The number of aryl methyl sites for hydroxylation is 2. The number of amides is 1. The second kappa shape index (κ2) is 7.38. The van der Waals surface area contributed by atoms with Gasteiger partial charge < -0.3 is 5.32 Å². The number of fused-ring (bicyclic) bond motifs is 1. The number of nitrogens with one attached hydrogen (secondary N) is 1. The van der Waals surface area contributed by atoms with Crippen LogP contribution in [0.15, 0.2) is 47.5 Å². The first-order valence-electron chi connectivity index (χ1n) is 7.93. The molecule has 0 bridgehead atoms. The van der Waals surface area contributed by atoms with Crippen molar-refractivity contribution in [1.82, 2.24) is 9.55 Å². The first kappa shape index (κ1) is 17.6. The molecule has 130 valence electrons. The van der Waals surface area contributed by atoms with Crippen LogP contribution in [-0.4, -0.2) is 15.5 Å². The van der Waals surface area contributed by atoms with Gasteiger partial charge in [-0.05, 0) is 37.3 Å². The van der Waals surface area contributed by atoms with Crippen LogP contribution in [0, 0.1) is 18.3 Å². The van der Waals surface area contributed by atoms with E-state index in [0.717, 1.165) is 5.56 Å². The van der Waals surface area contributed by atoms with Crippen molar-refractivity contribution in [2.75, 3.05) is 5.32 Å². The molecule has 1 N–H and O–H groups in total. The summed E-state index contributed by atoms with van der Waals surface area (Å²) in [5.74, 6) is -0.262. The highest BCUT2D eigenvalue weighted by Gasteiger charge is 2.08. The number of hydrogen-bond donors (Lipinski definition) is 1. The van der Waals surface area contributed by atoms with Crippen LogP contribution in [0.4, 0.5) is 5.69 Å². The summed E-state index contributed by atoms with van der Waals surface area (Å²) in [6.45, 7) is 2.12. The van der Waals surface area contributed by atoms with Crippen molar-refractivity contribution < 1.29 is 4.79 Å². The average Bonchev–Trinajstić information content (AvgIpc) is 2.62. The number of halogens is 1. The first-order valence-corrected chi connectivity index (χ1v) is 8.31. The molecule has 0 aliphatic rings. The Labute approximate surface area is 154 Å². The maximum Gasteiger partial charge on any atom is 0.261 e. The van der Waals surface area contributed by atoms with Crippen LogP contribution in [0.3, 0.4) is 0 Å². The Morgan fingerprint density at radius 3 is 2.85 bits per heavy atom. The van der Waals surface area contributed by atoms with Crippen LogP contribution in [-0.2, 0) is 11.3 Å². The second-order valence-corrected chi connectivity index (χ2v) is 6.28. The highest BCUT2D eigenvalue weighted by atomic mass is 35.5. The molecule has 0 aliphatic heterocycles. The summed E-state index contributed by atoms with van der Waals surface area (Å²) in [6.07, 6.45) is 1.56. The van der Waals surface area contributed by atoms with E-state index in [1.165, 1.54) is 23.0 Å². The molecular weight excluding hydrogens is 352 g/mol. The van der Waals surface area contributed by atoms with E-state index < -0.39 is 0 Å². The van der Waals surface area contributed by atoms with Gasteiger partial charge in [0.05, 0.1) is 27.8 Å². The number of nitrogens with zero attached hydrogens (tertiary/aromatic N) is 3. The normalized spacial score (nSPS) is 10.5. The van der Waals surface area contributed by atoms with E-state index in [0.29, 0.717) is 22.2 Å². The lowest BCUT2D eigenvalue weighted by Crippen LogP contribution is -2.23. The molecule has 0 fully saturated rings. The van der Waals surface area contributed by atoms with Crippen molar-refractivity contribution in [1.29, 1.82) is 5.26 Å². The number of carbonyl (C=O) groups is 1. The molecule has 6 nitrogen and oxygen atoms in total. The second-order valence-electron chi connectivity index (χ2n) is 5.87. The molecule has 26 heavy (non-hydrogen) atoms. The molecular formula is C19H15ClN4O2. The SMILES string of the molecule is Cc1ccc2ncn(CCC(=O)Nc3ccc(C#N)c(Cl)c3)c(=O)c2c1. The zero-order chi connectivity index (χ0) is 18.7. The molecule has 1 amide bonds. The monoisotopic (exact) mass is 366 g/mol. The number of hydrogen-bond acceptors (Lipinski definition) is 4. The third kappa shape index (κ3) is 3.73. The predicted molar refractivity (Wildman–Crippen MR) is 100 cm³/mol. The minimum Gasteiger partial charge on any atom is -0.326 e. The van der Waals surface area contributed by atoms with Gasteiger partial charge in [0.2, 0.25) is 5.91 Å². The Morgan fingerprint density at radius 1 is 1.31 bits per heavy atom. The van der Waals surface area contributed by atoms with Crippen molar-refractivity contribution in [3.8, 4) is 6.07 Å². The molecule has 3 aromatic rings. The van der Waals surface area contributed by atoms with E-state index in [2.05, 4.69) is 10.3 Å². The van der Waals surface area contributed by atoms with E-state index >= 15 is 0 Å². The third-order valence-electron chi connectivity index (χ3n) is 3.93.